The van der Waals surface area contributed by atoms with Gasteiger partial charge in [-0.15, -0.1) is 11.8 Å². The summed E-state index contributed by atoms with van der Waals surface area (Å²) in [5, 5.41) is 11.3. The number of aliphatic hydroxyl groups is 1. The van der Waals surface area contributed by atoms with Gasteiger partial charge < -0.3 is 14.6 Å². The SMILES string of the molecule is CCCCC[C@@H]([C@@H](O)c1ccc(OC)cc1)N(CSC(C)(C)C)C(=O)OC(C)(C)C. The molecule has 0 heterocycles. The fourth-order valence-corrected chi connectivity index (χ4v) is 3.80. The summed E-state index contributed by atoms with van der Waals surface area (Å²) in [5.41, 5.74) is 0.174. The second-order valence-corrected chi connectivity index (χ2v) is 11.4. The summed E-state index contributed by atoms with van der Waals surface area (Å²) in [6, 6.07) is 7.03. The minimum atomic E-state index is -0.805. The molecule has 0 aliphatic carbocycles. The summed E-state index contributed by atoms with van der Waals surface area (Å²) in [5.74, 6) is 1.20. The summed E-state index contributed by atoms with van der Waals surface area (Å²) in [6.07, 6.45) is 2.60. The van der Waals surface area contributed by atoms with Crippen molar-refractivity contribution in [1.29, 1.82) is 0 Å². The van der Waals surface area contributed by atoms with Crippen LogP contribution in [0.15, 0.2) is 24.3 Å². The molecule has 6 heteroatoms. The zero-order chi connectivity index (χ0) is 22.9. The first-order valence-electron chi connectivity index (χ1n) is 10.8. The van der Waals surface area contributed by atoms with E-state index in [-0.39, 0.29) is 16.9 Å². The van der Waals surface area contributed by atoms with Gasteiger partial charge in [-0.25, -0.2) is 4.79 Å². The number of methoxy groups -OCH3 is 1. The lowest BCUT2D eigenvalue weighted by atomic mass is 9.96. The van der Waals surface area contributed by atoms with Gasteiger partial charge in [0, 0.05) is 4.75 Å². The molecule has 1 aromatic carbocycles. The van der Waals surface area contributed by atoms with Gasteiger partial charge in [0.2, 0.25) is 0 Å². The summed E-state index contributed by atoms with van der Waals surface area (Å²) in [4.78, 5) is 14.9. The standard InChI is InChI=1S/C24H41NO4S/c1-9-10-11-12-20(21(26)18-13-15-19(28-8)16-14-18)25(17-30-24(5,6)7)22(27)29-23(2,3)4/h13-16,20-21,26H,9-12,17H2,1-8H3/t20-,21-/m0/s1. The number of benzene rings is 1. The summed E-state index contributed by atoms with van der Waals surface area (Å²) >= 11 is 1.68. The minimum Gasteiger partial charge on any atom is -0.497 e. The van der Waals surface area contributed by atoms with Crippen molar-refractivity contribution in [2.24, 2.45) is 0 Å². The van der Waals surface area contributed by atoms with E-state index >= 15 is 0 Å². The second-order valence-electron chi connectivity index (χ2n) is 9.62. The van der Waals surface area contributed by atoms with E-state index in [9.17, 15) is 9.90 Å². The quantitative estimate of drug-likeness (QED) is 0.337. The van der Waals surface area contributed by atoms with Gasteiger partial charge in [-0.2, -0.15) is 0 Å². The predicted molar refractivity (Wildman–Crippen MR) is 126 cm³/mol. The Morgan fingerprint density at radius 3 is 2.17 bits per heavy atom. The maximum absolute atomic E-state index is 13.1. The molecule has 0 saturated carbocycles. The Labute approximate surface area is 187 Å². The minimum absolute atomic E-state index is 0.0146. The highest BCUT2D eigenvalue weighted by Crippen LogP contribution is 2.32. The molecule has 1 aromatic rings. The van der Waals surface area contributed by atoms with Crippen LogP contribution >= 0.6 is 11.8 Å². The number of amides is 1. The van der Waals surface area contributed by atoms with Crippen LogP contribution < -0.4 is 4.74 Å². The van der Waals surface area contributed by atoms with Gasteiger partial charge in [-0.3, -0.25) is 4.90 Å². The molecule has 1 N–H and O–H groups in total. The van der Waals surface area contributed by atoms with Gasteiger partial charge >= 0.3 is 6.09 Å². The van der Waals surface area contributed by atoms with E-state index in [2.05, 4.69) is 27.7 Å². The van der Waals surface area contributed by atoms with Gasteiger partial charge in [0.1, 0.15) is 11.4 Å². The molecule has 0 radical (unpaired) electrons. The van der Waals surface area contributed by atoms with Crippen LogP contribution in [0.2, 0.25) is 0 Å². The van der Waals surface area contributed by atoms with Crippen molar-refractivity contribution in [1.82, 2.24) is 4.90 Å². The van der Waals surface area contributed by atoms with Crippen LogP contribution in [-0.2, 0) is 4.74 Å². The molecule has 5 nitrogen and oxygen atoms in total. The lowest BCUT2D eigenvalue weighted by Gasteiger charge is -2.37. The summed E-state index contributed by atoms with van der Waals surface area (Å²) in [7, 11) is 1.62. The number of carbonyl (C=O) groups is 1. The van der Waals surface area contributed by atoms with E-state index < -0.39 is 11.7 Å². The topological polar surface area (TPSA) is 59.0 Å². The van der Waals surface area contributed by atoms with Crippen LogP contribution in [0.1, 0.15) is 85.8 Å². The first-order valence-corrected chi connectivity index (χ1v) is 11.8. The fourth-order valence-electron chi connectivity index (χ4n) is 2.98. The highest BCUT2D eigenvalue weighted by molar-refractivity contribution is 8.00. The van der Waals surface area contributed by atoms with Gasteiger partial charge in [0.25, 0.3) is 0 Å². The van der Waals surface area contributed by atoms with Crippen LogP contribution in [0.5, 0.6) is 5.75 Å². The number of thioether (sulfide) groups is 1. The van der Waals surface area contributed by atoms with E-state index in [0.29, 0.717) is 12.3 Å². The van der Waals surface area contributed by atoms with Crippen LogP contribution in [0.4, 0.5) is 4.79 Å². The maximum Gasteiger partial charge on any atom is 0.411 e. The molecular formula is C24H41NO4S. The fraction of sp³-hybridized carbons (Fsp3) is 0.708. The van der Waals surface area contributed by atoms with Gasteiger partial charge in [-0.1, -0.05) is 59.1 Å². The van der Waals surface area contributed by atoms with E-state index in [0.717, 1.165) is 30.6 Å². The molecule has 30 heavy (non-hydrogen) atoms. The van der Waals surface area contributed by atoms with Crippen molar-refractivity contribution in [3.05, 3.63) is 29.8 Å². The Balaban J connectivity index is 3.21. The molecule has 1 rings (SSSR count). The number of unbranched alkanes of at least 4 members (excludes halogenated alkanes) is 2. The Morgan fingerprint density at radius 1 is 1.10 bits per heavy atom. The van der Waals surface area contributed by atoms with E-state index in [4.69, 9.17) is 9.47 Å². The molecule has 0 aliphatic rings. The van der Waals surface area contributed by atoms with Crippen molar-refractivity contribution in [2.45, 2.75) is 96.6 Å². The Morgan fingerprint density at radius 2 is 1.70 bits per heavy atom. The number of nitrogens with zero attached hydrogens (tertiary/aromatic N) is 1. The van der Waals surface area contributed by atoms with Crippen molar-refractivity contribution in [3.63, 3.8) is 0 Å². The molecule has 0 unspecified atom stereocenters. The smallest absolute Gasteiger partial charge is 0.411 e. The zero-order valence-electron chi connectivity index (χ0n) is 20.0. The highest BCUT2D eigenvalue weighted by Gasteiger charge is 2.34. The normalized spacial score (nSPS) is 14.2. The predicted octanol–water partition coefficient (Wildman–Crippen LogP) is 6.40. The third-order valence-electron chi connectivity index (χ3n) is 4.59. The summed E-state index contributed by atoms with van der Waals surface area (Å²) < 4.78 is 10.9. The Hall–Kier alpha value is -1.40. The van der Waals surface area contributed by atoms with Gasteiger partial charge in [-0.05, 0) is 44.9 Å². The van der Waals surface area contributed by atoms with Crippen molar-refractivity contribution in [2.75, 3.05) is 13.0 Å². The van der Waals surface area contributed by atoms with Gasteiger partial charge in [0.15, 0.2) is 0 Å². The number of carbonyl (C=O) groups excluding carboxylic acids is 1. The Kier molecular flexibility index (Phi) is 10.5. The second kappa shape index (κ2) is 11.8. The van der Waals surface area contributed by atoms with Crippen LogP contribution in [0.3, 0.4) is 0 Å². The molecule has 0 fully saturated rings. The highest BCUT2D eigenvalue weighted by atomic mass is 32.2. The number of aliphatic hydroxyl groups excluding tert-OH is 1. The monoisotopic (exact) mass is 439 g/mol. The average molecular weight is 440 g/mol. The summed E-state index contributed by atoms with van der Waals surface area (Å²) in [6.45, 7) is 14.1. The van der Waals surface area contributed by atoms with E-state index in [1.807, 2.05) is 45.0 Å². The molecule has 1 amide bonds. The first kappa shape index (κ1) is 26.6. The van der Waals surface area contributed by atoms with E-state index in [1.54, 1.807) is 23.8 Å². The molecule has 172 valence electrons. The zero-order valence-corrected chi connectivity index (χ0v) is 20.8. The van der Waals surface area contributed by atoms with Crippen molar-refractivity contribution in [3.8, 4) is 5.75 Å². The molecule has 0 aliphatic heterocycles. The van der Waals surface area contributed by atoms with Gasteiger partial charge in [0.05, 0.1) is 25.1 Å². The number of rotatable bonds is 10. The third-order valence-corrected chi connectivity index (χ3v) is 5.86. The number of hydrogen-bond donors (Lipinski definition) is 1. The number of ether oxygens (including phenoxy) is 2. The largest absolute Gasteiger partial charge is 0.497 e. The van der Waals surface area contributed by atoms with Crippen molar-refractivity contribution < 1.29 is 19.4 Å². The average Bonchev–Trinajstić information content (AvgIpc) is 2.64. The molecule has 0 aromatic heterocycles. The number of hydrogen-bond acceptors (Lipinski definition) is 5. The third kappa shape index (κ3) is 9.61. The molecule has 0 bridgehead atoms. The maximum atomic E-state index is 13.1. The molecule has 0 spiro atoms. The Bertz CT molecular complexity index is 634. The van der Waals surface area contributed by atoms with Crippen LogP contribution in [0, 0.1) is 0 Å². The van der Waals surface area contributed by atoms with Crippen LogP contribution in [-0.4, -0.2) is 45.5 Å². The molecular weight excluding hydrogens is 398 g/mol. The first-order chi connectivity index (χ1) is 13.9. The molecule has 0 saturated heterocycles. The van der Waals surface area contributed by atoms with Crippen LogP contribution in [0.25, 0.3) is 0 Å². The molecule has 2 atom stereocenters. The lowest BCUT2D eigenvalue weighted by molar-refractivity contribution is -0.00271. The van der Waals surface area contributed by atoms with E-state index in [1.165, 1.54) is 0 Å². The lowest BCUT2D eigenvalue weighted by Crippen LogP contribution is -2.46. The van der Waals surface area contributed by atoms with Crippen molar-refractivity contribution >= 4 is 17.9 Å².